The maximum absolute atomic E-state index is 12.5. The number of rotatable bonds is 7. The van der Waals surface area contributed by atoms with Gasteiger partial charge < -0.3 is 25.2 Å². The summed E-state index contributed by atoms with van der Waals surface area (Å²) < 4.78 is 10.4. The van der Waals surface area contributed by atoms with Gasteiger partial charge in [0, 0.05) is 7.11 Å². The Balaban J connectivity index is 0.00000312. The van der Waals surface area contributed by atoms with Crippen molar-refractivity contribution in [1.29, 1.82) is 0 Å². The van der Waals surface area contributed by atoms with E-state index in [4.69, 9.17) is 15.0 Å². The van der Waals surface area contributed by atoms with E-state index >= 15 is 0 Å². The number of halogens is 2. The summed E-state index contributed by atoms with van der Waals surface area (Å²) in [7, 11) is 5.41. The van der Waals surface area contributed by atoms with Crippen LogP contribution < -0.4 is 11.1 Å². The summed E-state index contributed by atoms with van der Waals surface area (Å²) in [6.45, 7) is 0.750. The third kappa shape index (κ3) is 6.66. The number of nitrogens with zero attached hydrogens (tertiary/aromatic N) is 3. The molecular formula is C16H31Cl2N5O3. The number of ether oxygens (including phenoxy) is 1. The topological polar surface area (TPSA) is 107 Å². The number of hydrogen-bond acceptors (Lipinski definition) is 7. The largest absolute Gasteiger partial charge is 0.383 e. The van der Waals surface area contributed by atoms with Crippen molar-refractivity contribution in [2.75, 3.05) is 27.8 Å². The summed E-state index contributed by atoms with van der Waals surface area (Å²) >= 11 is 0. The van der Waals surface area contributed by atoms with Crippen LogP contribution in [0.2, 0.25) is 0 Å². The lowest BCUT2D eigenvalue weighted by Crippen LogP contribution is -2.53. The molecule has 1 unspecified atom stereocenters. The molecule has 1 heterocycles. The molecule has 1 aliphatic rings. The highest BCUT2D eigenvalue weighted by Crippen LogP contribution is 2.34. The Morgan fingerprint density at radius 3 is 2.46 bits per heavy atom. The van der Waals surface area contributed by atoms with Gasteiger partial charge in [0.25, 0.3) is 0 Å². The van der Waals surface area contributed by atoms with Crippen molar-refractivity contribution >= 4 is 30.7 Å². The average molecular weight is 412 g/mol. The van der Waals surface area contributed by atoms with E-state index in [1.54, 1.807) is 0 Å². The standard InChI is InChI=1S/C16H29N5O3.2ClH/c1-21(2)10-13-18-15(20-24-13)16(8-6-4-5-7-9-16)19-14(22)12(17)11-23-3;;/h12H,4-11,17H2,1-3H3,(H,19,22);2*1H. The second-order valence-corrected chi connectivity index (χ2v) is 6.80. The Labute approximate surface area is 167 Å². The molecular weight excluding hydrogens is 381 g/mol. The third-order valence-corrected chi connectivity index (χ3v) is 4.35. The summed E-state index contributed by atoms with van der Waals surface area (Å²) in [5.41, 5.74) is 5.28. The van der Waals surface area contributed by atoms with Crippen LogP contribution in [0, 0.1) is 0 Å². The van der Waals surface area contributed by atoms with Gasteiger partial charge in [-0.2, -0.15) is 4.98 Å². The van der Waals surface area contributed by atoms with Gasteiger partial charge in [-0.3, -0.25) is 4.79 Å². The van der Waals surface area contributed by atoms with Crippen LogP contribution in [0.25, 0.3) is 0 Å². The van der Waals surface area contributed by atoms with Crippen molar-refractivity contribution in [3.63, 3.8) is 0 Å². The van der Waals surface area contributed by atoms with Crippen LogP contribution in [-0.4, -0.2) is 54.8 Å². The van der Waals surface area contributed by atoms with Gasteiger partial charge >= 0.3 is 0 Å². The first-order valence-electron chi connectivity index (χ1n) is 8.51. The van der Waals surface area contributed by atoms with Gasteiger partial charge in [-0.25, -0.2) is 0 Å². The van der Waals surface area contributed by atoms with E-state index in [0.717, 1.165) is 38.5 Å². The quantitative estimate of drug-likeness (QED) is 0.656. The Hall–Kier alpha value is -0.930. The molecule has 1 aliphatic carbocycles. The first kappa shape index (κ1) is 25.1. The first-order chi connectivity index (χ1) is 11.5. The number of methoxy groups -OCH3 is 1. The van der Waals surface area contributed by atoms with Crippen LogP contribution in [0.5, 0.6) is 0 Å². The van der Waals surface area contributed by atoms with Crippen molar-refractivity contribution in [3.05, 3.63) is 11.7 Å². The summed E-state index contributed by atoms with van der Waals surface area (Å²) in [5, 5.41) is 7.26. The van der Waals surface area contributed by atoms with Crippen LogP contribution in [0.15, 0.2) is 4.52 Å². The fourth-order valence-corrected chi connectivity index (χ4v) is 3.10. The fourth-order valence-electron chi connectivity index (χ4n) is 3.10. The van der Waals surface area contributed by atoms with Crippen molar-refractivity contribution < 1.29 is 14.1 Å². The van der Waals surface area contributed by atoms with E-state index in [1.807, 2.05) is 19.0 Å². The maximum Gasteiger partial charge on any atom is 0.240 e. The molecule has 0 aliphatic heterocycles. The van der Waals surface area contributed by atoms with Crippen LogP contribution in [0.1, 0.15) is 50.2 Å². The number of carbonyl (C=O) groups is 1. The number of amides is 1. The monoisotopic (exact) mass is 411 g/mol. The number of hydrogen-bond donors (Lipinski definition) is 2. The smallest absolute Gasteiger partial charge is 0.240 e. The molecule has 1 saturated carbocycles. The van der Waals surface area contributed by atoms with E-state index < -0.39 is 11.6 Å². The summed E-state index contributed by atoms with van der Waals surface area (Å²) in [5.74, 6) is 0.867. The zero-order valence-corrected chi connectivity index (χ0v) is 17.3. The molecule has 0 radical (unpaired) electrons. The van der Waals surface area contributed by atoms with Gasteiger partial charge in [0.2, 0.25) is 11.8 Å². The van der Waals surface area contributed by atoms with Crippen molar-refractivity contribution in [2.45, 2.75) is 56.7 Å². The SMILES string of the molecule is COCC(N)C(=O)NC1(c2noc(CN(C)C)n2)CCCCCC1.Cl.Cl. The molecule has 0 bridgehead atoms. The molecule has 1 amide bonds. The van der Waals surface area contributed by atoms with Crippen LogP contribution >= 0.6 is 24.8 Å². The zero-order chi connectivity index (χ0) is 17.6. The molecule has 1 atom stereocenters. The van der Waals surface area contributed by atoms with E-state index in [-0.39, 0.29) is 37.3 Å². The van der Waals surface area contributed by atoms with E-state index in [0.29, 0.717) is 18.3 Å². The Kier molecular flexibility index (Phi) is 11.3. The molecule has 0 saturated heterocycles. The van der Waals surface area contributed by atoms with E-state index in [1.165, 1.54) is 7.11 Å². The highest BCUT2D eigenvalue weighted by Gasteiger charge is 2.39. The molecule has 1 aromatic rings. The Bertz CT molecular complexity index is 534. The second-order valence-electron chi connectivity index (χ2n) is 6.80. The number of nitrogens with one attached hydrogen (secondary N) is 1. The molecule has 0 aromatic carbocycles. The first-order valence-corrected chi connectivity index (χ1v) is 8.51. The van der Waals surface area contributed by atoms with Gasteiger partial charge in [-0.15, -0.1) is 24.8 Å². The van der Waals surface area contributed by atoms with E-state index in [9.17, 15) is 4.79 Å². The van der Waals surface area contributed by atoms with Crippen molar-refractivity contribution in [3.8, 4) is 0 Å². The van der Waals surface area contributed by atoms with Gasteiger partial charge in [0.1, 0.15) is 11.6 Å². The minimum absolute atomic E-state index is 0. The molecule has 8 nitrogen and oxygen atoms in total. The highest BCUT2D eigenvalue weighted by atomic mass is 35.5. The molecule has 10 heteroatoms. The molecule has 0 spiro atoms. The third-order valence-electron chi connectivity index (χ3n) is 4.35. The molecule has 26 heavy (non-hydrogen) atoms. The molecule has 2 rings (SSSR count). The van der Waals surface area contributed by atoms with Gasteiger partial charge in [-0.1, -0.05) is 30.8 Å². The average Bonchev–Trinajstić information content (AvgIpc) is 2.86. The minimum Gasteiger partial charge on any atom is -0.383 e. The molecule has 1 aromatic heterocycles. The predicted octanol–water partition coefficient (Wildman–Crippen LogP) is 1.61. The zero-order valence-electron chi connectivity index (χ0n) is 15.7. The normalized spacial score (nSPS) is 17.6. The molecule has 152 valence electrons. The predicted molar refractivity (Wildman–Crippen MR) is 104 cm³/mol. The van der Waals surface area contributed by atoms with Crippen LogP contribution in [-0.2, 0) is 21.6 Å². The number of carbonyl (C=O) groups excluding carboxylic acids is 1. The van der Waals surface area contributed by atoms with Crippen LogP contribution in [0.3, 0.4) is 0 Å². The molecule has 3 N–H and O–H groups in total. The van der Waals surface area contributed by atoms with Gasteiger partial charge in [0.15, 0.2) is 5.82 Å². The lowest BCUT2D eigenvalue weighted by molar-refractivity contribution is -0.125. The minimum atomic E-state index is -0.705. The summed E-state index contributed by atoms with van der Waals surface area (Å²) in [4.78, 5) is 19.0. The Morgan fingerprint density at radius 2 is 1.92 bits per heavy atom. The molecule has 1 fully saturated rings. The van der Waals surface area contributed by atoms with Crippen molar-refractivity contribution in [2.24, 2.45) is 5.73 Å². The number of aromatic nitrogens is 2. The fraction of sp³-hybridized carbons (Fsp3) is 0.812. The van der Waals surface area contributed by atoms with Crippen molar-refractivity contribution in [1.82, 2.24) is 20.4 Å². The van der Waals surface area contributed by atoms with Gasteiger partial charge in [0.05, 0.1) is 13.2 Å². The van der Waals surface area contributed by atoms with Gasteiger partial charge in [-0.05, 0) is 26.9 Å². The number of nitrogens with two attached hydrogens (primary N) is 1. The lowest BCUT2D eigenvalue weighted by Gasteiger charge is -2.31. The summed E-state index contributed by atoms with van der Waals surface area (Å²) in [6.07, 6.45) is 5.89. The van der Waals surface area contributed by atoms with E-state index in [2.05, 4.69) is 15.5 Å². The lowest BCUT2D eigenvalue weighted by atomic mass is 9.88. The Morgan fingerprint density at radius 1 is 1.31 bits per heavy atom. The second kappa shape index (κ2) is 11.7. The van der Waals surface area contributed by atoms with Crippen LogP contribution in [0.4, 0.5) is 0 Å². The maximum atomic E-state index is 12.5. The summed E-state index contributed by atoms with van der Waals surface area (Å²) in [6, 6.07) is -0.705. The highest BCUT2D eigenvalue weighted by molar-refractivity contribution is 5.85.